The van der Waals surface area contributed by atoms with E-state index >= 15 is 0 Å². The molecule has 2 rings (SSSR count). The minimum atomic E-state index is -3.79. The van der Waals surface area contributed by atoms with Crippen molar-refractivity contribution in [2.45, 2.75) is 65.6 Å². The molecule has 2 aromatic rings. The number of halogens is 2. The lowest BCUT2D eigenvalue weighted by Gasteiger charge is -2.34. The van der Waals surface area contributed by atoms with Crippen LogP contribution >= 0.6 is 23.2 Å². The molecular weight excluding hydrogens is 521 g/mol. The highest BCUT2D eigenvalue weighted by Crippen LogP contribution is 2.25. The zero-order valence-electron chi connectivity index (χ0n) is 21.6. The molecule has 1 atom stereocenters. The van der Waals surface area contributed by atoms with Gasteiger partial charge in [0, 0.05) is 12.1 Å². The van der Waals surface area contributed by atoms with E-state index in [1.165, 1.54) is 4.90 Å². The van der Waals surface area contributed by atoms with Gasteiger partial charge in [-0.15, -0.1) is 0 Å². The number of hydrogen-bond acceptors (Lipinski definition) is 4. The molecule has 7 nitrogen and oxygen atoms in total. The lowest BCUT2D eigenvalue weighted by atomic mass is 10.1. The molecule has 0 aromatic heterocycles. The first kappa shape index (κ1) is 29.9. The van der Waals surface area contributed by atoms with Gasteiger partial charge >= 0.3 is 0 Å². The number of aryl methyl sites for hydroxylation is 1. The van der Waals surface area contributed by atoms with Gasteiger partial charge in [0.05, 0.1) is 22.0 Å². The van der Waals surface area contributed by atoms with Crippen LogP contribution in [0.5, 0.6) is 0 Å². The number of hydrogen-bond donors (Lipinski definition) is 1. The third-order valence-electron chi connectivity index (χ3n) is 5.53. The van der Waals surface area contributed by atoms with Gasteiger partial charge in [0.15, 0.2) is 0 Å². The van der Waals surface area contributed by atoms with Crippen molar-refractivity contribution in [3.8, 4) is 0 Å². The molecule has 1 N–H and O–H groups in total. The van der Waals surface area contributed by atoms with E-state index in [2.05, 4.69) is 5.32 Å². The Morgan fingerprint density at radius 3 is 2.03 bits per heavy atom. The first-order chi connectivity index (χ1) is 16.7. The number of anilines is 1. The van der Waals surface area contributed by atoms with Crippen molar-refractivity contribution in [2.75, 3.05) is 17.1 Å². The molecule has 2 aromatic carbocycles. The van der Waals surface area contributed by atoms with Crippen LogP contribution in [-0.2, 0) is 32.6 Å². The van der Waals surface area contributed by atoms with E-state index in [0.29, 0.717) is 27.7 Å². The van der Waals surface area contributed by atoms with E-state index in [1.807, 2.05) is 39.8 Å². The zero-order valence-corrected chi connectivity index (χ0v) is 24.0. The molecule has 2 amide bonds. The normalized spacial score (nSPS) is 12.7. The van der Waals surface area contributed by atoms with E-state index in [1.54, 1.807) is 37.3 Å². The summed E-state index contributed by atoms with van der Waals surface area (Å²) in [6.45, 7) is 8.97. The van der Waals surface area contributed by atoms with Crippen LogP contribution in [0, 0.1) is 0 Å². The number of benzene rings is 2. The van der Waals surface area contributed by atoms with Gasteiger partial charge in [-0.25, -0.2) is 8.42 Å². The van der Waals surface area contributed by atoms with Crippen LogP contribution in [0.3, 0.4) is 0 Å². The molecule has 0 bridgehead atoms. The summed E-state index contributed by atoms with van der Waals surface area (Å²) in [5.74, 6) is -0.835. The molecule has 0 radical (unpaired) electrons. The maximum Gasteiger partial charge on any atom is 0.244 e. The van der Waals surface area contributed by atoms with Gasteiger partial charge < -0.3 is 10.2 Å². The van der Waals surface area contributed by atoms with Crippen LogP contribution in [-0.4, -0.2) is 49.5 Å². The molecule has 0 aliphatic heterocycles. The Kier molecular flexibility index (Phi) is 10.2. The van der Waals surface area contributed by atoms with Gasteiger partial charge in [0.2, 0.25) is 21.8 Å². The maximum atomic E-state index is 13.7. The van der Waals surface area contributed by atoms with Gasteiger partial charge in [-0.3, -0.25) is 13.9 Å². The Morgan fingerprint density at radius 1 is 0.972 bits per heavy atom. The number of nitrogens with one attached hydrogen (secondary N) is 1. The SMILES string of the molecule is CCc1ccc(N(CC(=O)N(Cc2ccc(Cl)c(Cl)c2)[C@@H](CC)C(=O)NC(C)(C)C)S(C)(=O)=O)cc1. The van der Waals surface area contributed by atoms with E-state index in [-0.39, 0.29) is 12.5 Å². The van der Waals surface area contributed by atoms with Crippen LogP contribution in [0.15, 0.2) is 42.5 Å². The Bertz CT molecular complexity index is 1180. The number of amides is 2. The third kappa shape index (κ3) is 8.39. The monoisotopic (exact) mass is 555 g/mol. The standard InChI is InChI=1S/C26H35Cl2N3O4S/c1-7-18-9-12-20(13-10-18)31(36(6,34)35)17-24(32)30(16-19-11-14-21(27)22(28)15-19)23(8-2)25(33)29-26(3,4)5/h9-15,23H,7-8,16-17H2,1-6H3,(H,29,33)/t23-/m0/s1. The lowest BCUT2D eigenvalue weighted by Crippen LogP contribution is -2.55. The summed E-state index contributed by atoms with van der Waals surface area (Å²) in [4.78, 5) is 28.3. The summed E-state index contributed by atoms with van der Waals surface area (Å²) < 4.78 is 26.4. The second-order valence-corrected chi connectivity index (χ2v) is 12.4. The predicted octanol–water partition coefficient (Wildman–Crippen LogP) is 5.04. The summed E-state index contributed by atoms with van der Waals surface area (Å²) in [6.07, 6.45) is 2.19. The smallest absolute Gasteiger partial charge is 0.244 e. The van der Waals surface area contributed by atoms with E-state index < -0.39 is 34.1 Å². The Labute approximate surface area is 224 Å². The highest BCUT2D eigenvalue weighted by molar-refractivity contribution is 7.92. The largest absolute Gasteiger partial charge is 0.350 e. The van der Waals surface area contributed by atoms with Crippen molar-refractivity contribution in [1.82, 2.24) is 10.2 Å². The average Bonchev–Trinajstić information content (AvgIpc) is 2.77. The highest BCUT2D eigenvalue weighted by atomic mass is 35.5. The molecule has 0 fully saturated rings. The molecule has 10 heteroatoms. The molecule has 0 unspecified atom stereocenters. The summed E-state index contributed by atoms with van der Waals surface area (Å²) in [6, 6.07) is 11.2. The van der Waals surface area contributed by atoms with Crippen molar-refractivity contribution in [2.24, 2.45) is 0 Å². The average molecular weight is 557 g/mol. The van der Waals surface area contributed by atoms with E-state index in [9.17, 15) is 18.0 Å². The number of sulfonamides is 1. The molecule has 0 saturated heterocycles. The Hall–Kier alpha value is -2.29. The van der Waals surface area contributed by atoms with Crippen LogP contribution < -0.4 is 9.62 Å². The molecule has 0 aliphatic carbocycles. The van der Waals surface area contributed by atoms with Crippen LogP contribution in [0.1, 0.15) is 52.2 Å². The summed E-state index contributed by atoms with van der Waals surface area (Å²) in [7, 11) is -3.79. The van der Waals surface area contributed by atoms with Gasteiger partial charge in [-0.2, -0.15) is 0 Å². The van der Waals surface area contributed by atoms with E-state index in [4.69, 9.17) is 23.2 Å². The number of carbonyl (C=O) groups is 2. The quantitative estimate of drug-likeness (QED) is 0.444. The Balaban J connectivity index is 2.47. The van der Waals surface area contributed by atoms with Gasteiger partial charge in [0.1, 0.15) is 12.6 Å². The molecule has 0 spiro atoms. The molecule has 0 saturated carbocycles. The fourth-order valence-electron chi connectivity index (χ4n) is 3.72. The van der Waals surface area contributed by atoms with Gasteiger partial charge in [-0.05, 0) is 69.0 Å². The minimum absolute atomic E-state index is 0.0537. The summed E-state index contributed by atoms with van der Waals surface area (Å²) in [5.41, 5.74) is 1.58. The van der Waals surface area contributed by atoms with Crippen molar-refractivity contribution >= 4 is 50.7 Å². The molecule has 0 heterocycles. The molecule has 198 valence electrons. The second-order valence-electron chi connectivity index (χ2n) is 9.72. The predicted molar refractivity (Wildman–Crippen MR) is 147 cm³/mol. The number of nitrogens with zero attached hydrogens (tertiary/aromatic N) is 2. The second kappa shape index (κ2) is 12.3. The summed E-state index contributed by atoms with van der Waals surface area (Å²) >= 11 is 12.2. The van der Waals surface area contributed by atoms with Crippen LogP contribution in [0.25, 0.3) is 0 Å². The fraction of sp³-hybridized carbons (Fsp3) is 0.462. The first-order valence-electron chi connectivity index (χ1n) is 11.8. The third-order valence-corrected chi connectivity index (χ3v) is 7.41. The first-order valence-corrected chi connectivity index (χ1v) is 14.4. The highest BCUT2D eigenvalue weighted by Gasteiger charge is 2.33. The Morgan fingerprint density at radius 2 is 1.56 bits per heavy atom. The van der Waals surface area contributed by atoms with Gasteiger partial charge in [0.25, 0.3) is 0 Å². The van der Waals surface area contributed by atoms with Crippen molar-refractivity contribution in [3.05, 3.63) is 63.6 Å². The zero-order chi connectivity index (χ0) is 27.3. The number of rotatable bonds is 10. The van der Waals surface area contributed by atoms with Crippen molar-refractivity contribution in [1.29, 1.82) is 0 Å². The van der Waals surface area contributed by atoms with Crippen molar-refractivity contribution < 1.29 is 18.0 Å². The van der Waals surface area contributed by atoms with Gasteiger partial charge in [-0.1, -0.05) is 55.2 Å². The minimum Gasteiger partial charge on any atom is -0.350 e. The topological polar surface area (TPSA) is 86.8 Å². The van der Waals surface area contributed by atoms with E-state index in [0.717, 1.165) is 22.5 Å². The molecule has 0 aliphatic rings. The number of carbonyl (C=O) groups excluding carboxylic acids is 2. The van der Waals surface area contributed by atoms with Crippen molar-refractivity contribution in [3.63, 3.8) is 0 Å². The lowest BCUT2D eigenvalue weighted by molar-refractivity contribution is -0.141. The maximum absolute atomic E-state index is 13.7. The molecular formula is C26H35Cl2N3O4S. The fourth-order valence-corrected chi connectivity index (χ4v) is 4.89. The molecule has 36 heavy (non-hydrogen) atoms. The van der Waals surface area contributed by atoms with Crippen LogP contribution in [0.4, 0.5) is 5.69 Å². The summed E-state index contributed by atoms with van der Waals surface area (Å²) in [5, 5.41) is 3.62. The van der Waals surface area contributed by atoms with Crippen LogP contribution in [0.2, 0.25) is 10.0 Å².